The van der Waals surface area contributed by atoms with Gasteiger partial charge in [-0.15, -0.1) is 0 Å². The molecule has 2 aromatic rings. The van der Waals surface area contributed by atoms with Gasteiger partial charge in [-0.05, 0) is 29.9 Å². The molecule has 1 aromatic carbocycles. The third-order valence-electron chi connectivity index (χ3n) is 3.81. The van der Waals surface area contributed by atoms with Gasteiger partial charge in [-0.25, -0.2) is 9.97 Å². The molecule has 23 heavy (non-hydrogen) atoms. The van der Waals surface area contributed by atoms with Crippen LogP contribution in [0, 0.1) is 0 Å². The number of hydrogen-bond donors (Lipinski definition) is 2. The van der Waals surface area contributed by atoms with Crippen LogP contribution in [-0.4, -0.2) is 21.9 Å². The van der Waals surface area contributed by atoms with Gasteiger partial charge >= 0.3 is 0 Å². The van der Waals surface area contributed by atoms with Crippen molar-refractivity contribution in [2.75, 3.05) is 5.32 Å². The molecule has 5 heteroatoms. The van der Waals surface area contributed by atoms with E-state index < -0.39 is 0 Å². The van der Waals surface area contributed by atoms with Crippen LogP contribution in [-0.2, 0) is 5.41 Å². The van der Waals surface area contributed by atoms with E-state index in [4.69, 9.17) is 0 Å². The van der Waals surface area contributed by atoms with Crippen LogP contribution in [0.4, 0.5) is 11.6 Å². The average Bonchev–Trinajstić information content (AvgIpc) is 3.31. The fraction of sp³-hybridized carbons (Fsp3) is 0.389. The number of amides is 1. The maximum absolute atomic E-state index is 11.9. The van der Waals surface area contributed by atoms with Crippen LogP contribution in [0.5, 0.6) is 0 Å². The Morgan fingerprint density at radius 3 is 2.39 bits per heavy atom. The van der Waals surface area contributed by atoms with Gasteiger partial charge in [-0.2, -0.15) is 0 Å². The SMILES string of the molecule is CC(C)(C)c1ccccc1Nc1ncc(C(=O)NC2CC2)cn1. The zero-order valence-electron chi connectivity index (χ0n) is 13.8. The van der Waals surface area contributed by atoms with Gasteiger partial charge in [0.15, 0.2) is 0 Å². The van der Waals surface area contributed by atoms with Crippen molar-refractivity contribution in [3.63, 3.8) is 0 Å². The Kier molecular flexibility index (Phi) is 4.03. The molecule has 0 unspecified atom stereocenters. The van der Waals surface area contributed by atoms with Crippen LogP contribution in [0.25, 0.3) is 0 Å². The molecule has 1 fully saturated rings. The van der Waals surface area contributed by atoms with Crippen LogP contribution in [0.2, 0.25) is 0 Å². The molecule has 2 N–H and O–H groups in total. The molecule has 5 nitrogen and oxygen atoms in total. The Hall–Kier alpha value is -2.43. The molecule has 0 radical (unpaired) electrons. The van der Waals surface area contributed by atoms with E-state index >= 15 is 0 Å². The molecular formula is C18H22N4O. The second kappa shape index (κ2) is 5.99. The molecule has 0 bridgehead atoms. The zero-order valence-corrected chi connectivity index (χ0v) is 13.8. The number of anilines is 2. The van der Waals surface area contributed by atoms with Gasteiger partial charge in [0.2, 0.25) is 5.95 Å². The first-order valence-electron chi connectivity index (χ1n) is 7.93. The minimum Gasteiger partial charge on any atom is -0.349 e. The number of rotatable bonds is 4. The maximum Gasteiger partial charge on any atom is 0.254 e. The lowest BCUT2D eigenvalue weighted by molar-refractivity contribution is 0.0950. The maximum atomic E-state index is 11.9. The molecule has 1 heterocycles. The molecule has 0 aliphatic heterocycles. The lowest BCUT2D eigenvalue weighted by atomic mass is 9.86. The van der Waals surface area contributed by atoms with Crippen LogP contribution in [0.3, 0.4) is 0 Å². The van der Waals surface area contributed by atoms with Crippen LogP contribution in [0.15, 0.2) is 36.7 Å². The van der Waals surface area contributed by atoms with Crippen LogP contribution in [0.1, 0.15) is 49.5 Å². The highest BCUT2D eigenvalue weighted by atomic mass is 16.1. The second-order valence-electron chi connectivity index (χ2n) is 6.96. The van der Waals surface area contributed by atoms with Crippen molar-refractivity contribution in [2.45, 2.75) is 45.1 Å². The minimum absolute atomic E-state index is 0.0215. The molecular weight excluding hydrogens is 288 g/mol. The summed E-state index contributed by atoms with van der Waals surface area (Å²) < 4.78 is 0. The van der Waals surface area contributed by atoms with Crippen molar-refractivity contribution >= 4 is 17.5 Å². The summed E-state index contributed by atoms with van der Waals surface area (Å²) in [7, 11) is 0. The molecule has 120 valence electrons. The van der Waals surface area contributed by atoms with Crippen molar-refractivity contribution in [3.8, 4) is 0 Å². The quantitative estimate of drug-likeness (QED) is 0.908. The number of nitrogens with one attached hydrogen (secondary N) is 2. The van der Waals surface area contributed by atoms with E-state index in [1.165, 1.54) is 5.56 Å². The monoisotopic (exact) mass is 310 g/mol. The summed E-state index contributed by atoms with van der Waals surface area (Å²) in [4.78, 5) is 20.5. The number of nitrogens with zero attached hydrogens (tertiary/aromatic N) is 2. The summed E-state index contributed by atoms with van der Waals surface area (Å²) in [5.41, 5.74) is 2.69. The number of aromatic nitrogens is 2. The first kappa shape index (κ1) is 15.5. The Morgan fingerprint density at radius 2 is 1.78 bits per heavy atom. The van der Waals surface area contributed by atoms with Gasteiger partial charge < -0.3 is 10.6 Å². The summed E-state index contributed by atoms with van der Waals surface area (Å²) in [6.07, 6.45) is 5.26. The third-order valence-corrected chi connectivity index (χ3v) is 3.81. The fourth-order valence-corrected chi connectivity index (χ4v) is 2.37. The summed E-state index contributed by atoms with van der Waals surface area (Å²) in [6.45, 7) is 6.50. The van der Waals surface area contributed by atoms with Crippen LogP contribution >= 0.6 is 0 Å². The molecule has 1 saturated carbocycles. The highest BCUT2D eigenvalue weighted by Gasteiger charge is 2.24. The first-order chi connectivity index (χ1) is 10.9. The molecule has 1 aromatic heterocycles. The molecule has 3 rings (SSSR count). The molecule has 1 aliphatic rings. The second-order valence-corrected chi connectivity index (χ2v) is 6.96. The smallest absolute Gasteiger partial charge is 0.254 e. The molecule has 0 saturated heterocycles. The molecule has 1 amide bonds. The Labute approximate surface area is 136 Å². The number of benzene rings is 1. The van der Waals surface area contributed by atoms with Gasteiger partial charge in [0.05, 0.1) is 5.56 Å². The summed E-state index contributed by atoms with van der Waals surface area (Å²) in [6, 6.07) is 8.45. The normalized spacial score (nSPS) is 14.4. The lowest BCUT2D eigenvalue weighted by Gasteiger charge is -2.22. The molecule has 0 atom stereocenters. The van der Waals surface area contributed by atoms with Gasteiger partial charge in [-0.3, -0.25) is 4.79 Å². The Morgan fingerprint density at radius 1 is 1.13 bits per heavy atom. The van der Waals surface area contributed by atoms with E-state index in [2.05, 4.69) is 47.4 Å². The van der Waals surface area contributed by atoms with E-state index in [-0.39, 0.29) is 11.3 Å². The molecule has 1 aliphatic carbocycles. The predicted octanol–water partition coefficient (Wildman–Crippen LogP) is 3.41. The summed E-state index contributed by atoms with van der Waals surface area (Å²) in [5.74, 6) is 0.388. The minimum atomic E-state index is -0.103. The Balaban J connectivity index is 1.75. The van der Waals surface area contributed by atoms with Gasteiger partial charge in [0.25, 0.3) is 5.91 Å². The predicted molar refractivity (Wildman–Crippen MR) is 90.9 cm³/mol. The largest absolute Gasteiger partial charge is 0.349 e. The van der Waals surface area contributed by atoms with E-state index in [1.54, 1.807) is 12.4 Å². The van der Waals surface area contributed by atoms with E-state index in [1.807, 2.05) is 18.2 Å². The van der Waals surface area contributed by atoms with Crippen LogP contribution < -0.4 is 10.6 Å². The first-order valence-corrected chi connectivity index (χ1v) is 7.93. The van der Waals surface area contributed by atoms with Gasteiger partial charge in [0.1, 0.15) is 0 Å². The van der Waals surface area contributed by atoms with Crippen molar-refractivity contribution < 1.29 is 4.79 Å². The third kappa shape index (κ3) is 3.86. The highest BCUT2D eigenvalue weighted by molar-refractivity contribution is 5.94. The fourth-order valence-electron chi connectivity index (χ4n) is 2.37. The number of para-hydroxylation sites is 1. The van der Waals surface area contributed by atoms with Crippen molar-refractivity contribution in [1.82, 2.24) is 15.3 Å². The van der Waals surface area contributed by atoms with E-state index in [0.29, 0.717) is 17.6 Å². The highest BCUT2D eigenvalue weighted by Crippen LogP contribution is 2.30. The molecule has 0 spiro atoms. The number of carbonyl (C=O) groups excluding carboxylic acids is 1. The van der Waals surface area contributed by atoms with Gasteiger partial charge in [-0.1, -0.05) is 39.0 Å². The van der Waals surface area contributed by atoms with Crippen molar-refractivity contribution in [3.05, 3.63) is 47.8 Å². The van der Waals surface area contributed by atoms with Crippen molar-refractivity contribution in [1.29, 1.82) is 0 Å². The van der Waals surface area contributed by atoms with Crippen molar-refractivity contribution in [2.24, 2.45) is 0 Å². The van der Waals surface area contributed by atoms with Gasteiger partial charge in [0, 0.05) is 24.1 Å². The lowest BCUT2D eigenvalue weighted by Crippen LogP contribution is -2.25. The standard InChI is InChI=1S/C18H22N4O/c1-18(2,3)14-6-4-5-7-15(14)22-17-19-10-12(11-20-17)16(23)21-13-8-9-13/h4-7,10-11,13H,8-9H2,1-3H3,(H,21,23)(H,19,20,22). The average molecular weight is 310 g/mol. The topological polar surface area (TPSA) is 66.9 Å². The number of hydrogen-bond acceptors (Lipinski definition) is 4. The zero-order chi connectivity index (χ0) is 16.4. The number of carbonyl (C=O) groups is 1. The summed E-state index contributed by atoms with van der Waals surface area (Å²) in [5, 5.41) is 6.17. The Bertz CT molecular complexity index is 700. The summed E-state index contributed by atoms with van der Waals surface area (Å²) >= 11 is 0. The van der Waals surface area contributed by atoms with E-state index in [0.717, 1.165) is 18.5 Å². The van der Waals surface area contributed by atoms with E-state index in [9.17, 15) is 4.79 Å².